The highest BCUT2D eigenvalue weighted by molar-refractivity contribution is 5.91. The summed E-state index contributed by atoms with van der Waals surface area (Å²) in [5.74, 6) is 1.14. The second kappa shape index (κ2) is 9.28. The largest absolute Gasteiger partial charge is 0.497 e. The van der Waals surface area contributed by atoms with Gasteiger partial charge in [-0.05, 0) is 54.0 Å². The molecule has 0 saturated heterocycles. The van der Waals surface area contributed by atoms with Crippen LogP contribution in [0.1, 0.15) is 11.1 Å². The summed E-state index contributed by atoms with van der Waals surface area (Å²) < 4.78 is 7.57. The number of methoxy groups -OCH3 is 1. The summed E-state index contributed by atoms with van der Waals surface area (Å²) >= 11 is 0. The number of nitrogens with zero attached hydrogens (tertiary/aromatic N) is 2. The van der Waals surface area contributed by atoms with Crippen molar-refractivity contribution in [1.82, 2.24) is 15.0 Å². The number of aromatic nitrogens is 2. The number of hydroxylamine groups is 1. The zero-order valence-electron chi connectivity index (χ0n) is 17.2. The first kappa shape index (κ1) is 20.4. The molecule has 0 atom stereocenters. The third kappa shape index (κ3) is 4.65. The van der Waals surface area contributed by atoms with E-state index in [4.69, 9.17) is 14.9 Å². The molecule has 4 aromatic rings. The molecule has 0 aliphatic rings. The summed E-state index contributed by atoms with van der Waals surface area (Å²) in [5.41, 5.74) is 6.58. The first-order valence-corrected chi connectivity index (χ1v) is 9.99. The van der Waals surface area contributed by atoms with Crippen LogP contribution in [0.15, 0.2) is 78.9 Å². The summed E-state index contributed by atoms with van der Waals surface area (Å²) in [6.07, 6.45) is 3.77. The summed E-state index contributed by atoms with van der Waals surface area (Å²) in [6.45, 7) is 0.760. The molecule has 6 heteroatoms. The first-order valence-electron chi connectivity index (χ1n) is 9.99. The molecule has 0 fully saturated rings. The van der Waals surface area contributed by atoms with Gasteiger partial charge in [0, 0.05) is 18.2 Å². The van der Waals surface area contributed by atoms with E-state index < -0.39 is 5.91 Å². The number of hydrogen-bond acceptors (Lipinski definition) is 4. The van der Waals surface area contributed by atoms with Gasteiger partial charge in [-0.25, -0.2) is 10.5 Å². The summed E-state index contributed by atoms with van der Waals surface area (Å²) in [4.78, 5) is 16.2. The molecule has 0 saturated carbocycles. The number of aryl methyl sites for hydroxylation is 2. The van der Waals surface area contributed by atoms with Gasteiger partial charge in [-0.2, -0.15) is 0 Å². The highest BCUT2D eigenvalue weighted by Crippen LogP contribution is 2.26. The van der Waals surface area contributed by atoms with Crippen molar-refractivity contribution >= 4 is 23.0 Å². The van der Waals surface area contributed by atoms with Gasteiger partial charge in [0.1, 0.15) is 11.6 Å². The maximum atomic E-state index is 11.3. The van der Waals surface area contributed by atoms with E-state index in [2.05, 4.69) is 22.8 Å². The van der Waals surface area contributed by atoms with Gasteiger partial charge in [0.15, 0.2) is 0 Å². The zero-order valence-corrected chi connectivity index (χ0v) is 17.2. The lowest BCUT2D eigenvalue weighted by Crippen LogP contribution is -2.14. The van der Waals surface area contributed by atoms with Crippen LogP contribution >= 0.6 is 0 Å². The molecule has 0 radical (unpaired) electrons. The number of carbonyl (C=O) groups is 1. The third-order valence-electron chi connectivity index (χ3n) is 5.09. The molecule has 3 aromatic carbocycles. The normalized spacial score (nSPS) is 11.2. The molecule has 1 heterocycles. The molecule has 1 aromatic heterocycles. The minimum atomic E-state index is -0.573. The maximum absolute atomic E-state index is 11.3. The number of carbonyl (C=O) groups excluding carboxylic acids is 1. The van der Waals surface area contributed by atoms with Gasteiger partial charge in [-0.15, -0.1) is 0 Å². The quantitative estimate of drug-likeness (QED) is 0.266. The van der Waals surface area contributed by atoms with Crippen molar-refractivity contribution in [3.63, 3.8) is 0 Å². The number of imidazole rings is 1. The average molecular weight is 413 g/mol. The highest BCUT2D eigenvalue weighted by atomic mass is 16.5. The van der Waals surface area contributed by atoms with Gasteiger partial charge in [-0.3, -0.25) is 10.0 Å². The van der Waals surface area contributed by atoms with E-state index >= 15 is 0 Å². The van der Waals surface area contributed by atoms with Crippen LogP contribution in [0.5, 0.6) is 5.75 Å². The standard InChI is InChI=1S/C25H23N3O3/c1-31-21-9-5-7-19(17-21)14-15-28-23-11-3-2-10-22(23)26-25(28)20-8-4-6-18(16-20)12-13-24(29)27-30/h2-13,16-17,30H,14-15H2,1H3,(H,27,29)/b13-12+. The second-order valence-electron chi connectivity index (χ2n) is 7.11. The summed E-state index contributed by atoms with van der Waals surface area (Å²) in [6, 6.07) is 24.0. The Morgan fingerprint density at radius 1 is 1.10 bits per heavy atom. The Labute approximate surface area is 180 Å². The number of para-hydroxylation sites is 2. The molecule has 1 amide bonds. The van der Waals surface area contributed by atoms with E-state index in [-0.39, 0.29) is 0 Å². The third-order valence-corrected chi connectivity index (χ3v) is 5.09. The Morgan fingerprint density at radius 2 is 1.94 bits per heavy atom. The summed E-state index contributed by atoms with van der Waals surface area (Å²) in [5, 5.41) is 8.68. The van der Waals surface area contributed by atoms with Crippen LogP contribution < -0.4 is 10.2 Å². The van der Waals surface area contributed by atoms with Gasteiger partial charge in [0.2, 0.25) is 0 Å². The molecule has 0 spiro atoms. The fraction of sp³-hybridized carbons (Fsp3) is 0.120. The smallest absolute Gasteiger partial charge is 0.267 e. The number of amides is 1. The van der Waals surface area contributed by atoms with Crippen LogP contribution in [-0.4, -0.2) is 27.8 Å². The Morgan fingerprint density at radius 3 is 2.77 bits per heavy atom. The highest BCUT2D eigenvalue weighted by Gasteiger charge is 2.13. The molecular formula is C25H23N3O3. The van der Waals surface area contributed by atoms with Crippen molar-refractivity contribution < 1.29 is 14.7 Å². The van der Waals surface area contributed by atoms with Crippen molar-refractivity contribution in [2.45, 2.75) is 13.0 Å². The Hall–Kier alpha value is -3.90. The molecule has 2 N–H and O–H groups in total. The number of hydrogen-bond donors (Lipinski definition) is 2. The van der Waals surface area contributed by atoms with Crippen LogP contribution in [-0.2, 0) is 17.8 Å². The minimum absolute atomic E-state index is 0.573. The Kier molecular flexibility index (Phi) is 6.10. The maximum Gasteiger partial charge on any atom is 0.267 e. The van der Waals surface area contributed by atoms with Gasteiger partial charge >= 0.3 is 0 Å². The van der Waals surface area contributed by atoms with Gasteiger partial charge < -0.3 is 9.30 Å². The lowest BCUT2D eigenvalue weighted by molar-refractivity contribution is -0.124. The van der Waals surface area contributed by atoms with Gasteiger partial charge in [-0.1, -0.05) is 42.5 Å². The Bertz CT molecular complexity index is 1240. The topological polar surface area (TPSA) is 76.4 Å². The first-order chi connectivity index (χ1) is 15.2. The van der Waals surface area contributed by atoms with E-state index in [1.807, 2.05) is 54.6 Å². The fourth-order valence-corrected chi connectivity index (χ4v) is 3.58. The van der Waals surface area contributed by atoms with Crippen molar-refractivity contribution in [2.75, 3.05) is 7.11 Å². The molecular weight excluding hydrogens is 390 g/mol. The number of ether oxygens (including phenoxy) is 1. The minimum Gasteiger partial charge on any atom is -0.497 e. The average Bonchev–Trinajstić information content (AvgIpc) is 3.20. The lowest BCUT2D eigenvalue weighted by Gasteiger charge is -2.11. The van der Waals surface area contributed by atoms with Crippen LogP contribution in [0.2, 0.25) is 0 Å². The van der Waals surface area contributed by atoms with Crippen LogP contribution in [0.25, 0.3) is 28.5 Å². The molecule has 0 bridgehead atoms. The second-order valence-corrected chi connectivity index (χ2v) is 7.11. The van der Waals surface area contributed by atoms with E-state index in [0.29, 0.717) is 0 Å². The summed E-state index contributed by atoms with van der Waals surface area (Å²) in [7, 11) is 1.67. The van der Waals surface area contributed by atoms with Crippen molar-refractivity contribution in [3.8, 4) is 17.1 Å². The SMILES string of the molecule is COc1cccc(CCn2c(-c3cccc(/C=C/C(=O)NO)c3)nc3ccccc32)c1. The van der Waals surface area contributed by atoms with Gasteiger partial charge in [0.25, 0.3) is 5.91 Å². The molecule has 6 nitrogen and oxygen atoms in total. The van der Waals surface area contributed by atoms with Crippen molar-refractivity contribution in [3.05, 3.63) is 90.0 Å². The lowest BCUT2D eigenvalue weighted by atomic mass is 10.1. The molecule has 4 rings (SSSR count). The van der Waals surface area contributed by atoms with Crippen LogP contribution in [0, 0.1) is 0 Å². The predicted molar refractivity (Wildman–Crippen MR) is 121 cm³/mol. The van der Waals surface area contributed by atoms with E-state index in [9.17, 15) is 4.79 Å². The number of rotatable bonds is 7. The predicted octanol–water partition coefficient (Wildman–Crippen LogP) is 4.47. The van der Waals surface area contributed by atoms with Gasteiger partial charge in [0.05, 0.1) is 18.1 Å². The molecule has 0 aliphatic carbocycles. The van der Waals surface area contributed by atoms with E-state index in [0.717, 1.165) is 46.7 Å². The molecule has 156 valence electrons. The van der Waals surface area contributed by atoms with E-state index in [1.54, 1.807) is 18.7 Å². The van der Waals surface area contributed by atoms with Crippen LogP contribution in [0.3, 0.4) is 0 Å². The number of nitrogens with one attached hydrogen (secondary N) is 1. The molecule has 0 aliphatic heterocycles. The fourth-order valence-electron chi connectivity index (χ4n) is 3.58. The Balaban J connectivity index is 1.70. The van der Waals surface area contributed by atoms with Crippen molar-refractivity contribution in [2.24, 2.45) is 0 Å². The van der Waals surface area contributed by atoms with E-state index in [1.165, 1.54) is 11.6 Å². The van der Waals surface area contributed by atoms with Crippen LogP contribution in [0.4, 0.5) is 0 Å². The zero-order chi connectivity index (χ0) is 21.6. The number of benzene rings is 3. The van der Waals surface area contributed by atoms with Crippen molar-refractivity contribution in [1.29, 1.82) is 0 Å². The molecule has 0 unspecified atom stereocenters. The number of fused-ring (bicyclic) bond motifs is 1. The molecule has 31 heavy (non-hydrogen) atoms. The monoisotopic (exact) mass is 413 g/mol.